The Kier molecular flexibility index (Phi) is 8.44. The number of benzene rings is 2. The summed E-state index contributed by atoms with van der Waals surface area (Å²) in [5.74, 6) is -0.455. The largest absolute Gasteiger partial charge is 0.481 e. The van der Waals surface area contributed by atoms with Gasteiger partial charge in [0.15, 0.2) is 0 Å². The van der Waals surface area contributed by atoms with Crippen molar-refractivity contribution in [3.8, 4) is 0 Å². The lowest BCUT2D eigenvalue weighted by Gasteiger charge is -2.39. The van der Waals surface area contributed by atoms with E-state index in [2.05, 4.69) is 40.0 Å². The summed E-state index contributed by atoms with van der Waals surface area (Å²) in [5, 5.41) is 13.7. The molecular weight excluding hydrogens is 554 g/mol. The molecule has 2 heterocycles. The summed E-state index contributed by atoms with van der Waals surface area (Å²) in [7, 11) is 0. The molecule has 0 bridgehead atoms. The molecule has 1 saturated heterocycles. The zero-order chi connectivity index (χ0) is 26.7. The van der Waals surface area contributed by atoms with Crippen molar-refractivity contribution in [2.45, 2.75) is 52.4 Å². The van der Waals surface area contributed by atoms with Crippen LogP contribution in [-0.4, -0.2) is 41.6 Å². The number of carboxylic acid groups (broad SMARTS) is 1. The fraction of sp³-hybridized carbons (Fsp3) is 0.414. The molecule has 1 fully saturated rings. The van der Waals surface area contributed by atoms with Crippen LogP contribution in [0.15, 0.2) is 46.9 Å². The summed E-state index contributed by atoms with van der Waals surface area (Å²) < 4.78 is 0.873. The van der Waals surface area contributed by atoms with Crippen LogP contribution >= 0.6 is 27.5 Å². The number of carbonyl (C=O) groups excluding carboxylic acids is 1. The third kappa shape index (κ3) is 6.44. The molecule has 8 heteroatoms. The SMILES string of the molecule is Cc1c(N2CCCC(C)(C)C2)nc2ccc(Br)cc2c1C(=O)NC[C@H](CCC(=O)O)c1ccccc1Cl. The summed E-state index contributed by atoms with van der Waals surface area (Å²) in [6.45, 7) is 8.57. The van der Waals surface area contributed by atoms with E-state index in [1.807, 2.05) is 43.3 Å². The molecule has 1 atom stereocenters. The van der Waals surface area contributed by atoms with E-state index in [1.165, 1.54) is 0 Å². The number of carbonyl (C=O) groups is 2. The fourth-order valence-electron chi connectivity index (χ4n) is 5.30. The number of hydrogen-bond donors (Lipinski definition) is 2. The molecule has 1 aromatic heterocycles. The molecular formula is C29H33BrClN3O3. The molecule has 1 aliphatic rings. The molecule has 4 rings (SSSR count). The van der Waals surface area contributed by atoms with Gasteiger partial charge < -0.3 is 15.3 Å². The summed E-state index contributed by atoms with van der Waals surface area (Å²) in [4.78, 5) is 32.4. The lowest BCUT2D eigenvalue weighted by molar-refractivity contribution is -0.137. The highest BCUT2D eigenvalue weighted by Gasteiger charge is 2.30. The molecule has 0 radical (unpaired) electrons. The van der Waals surface area contributed by atoms with E-state index >= 15 is 0 Å². The first kappa shape index (κ1) is 27.4. The molecule has 1 aliphatic heterocycles. The number of fused-ring (bicyclic) bond motifs is 1. The van der Waals surface area contributed by atoms with E-state index in [9.17, 15) is 14.7 Å². The lowest BCUT2D eigenvalue weighted by atomic mass is 9.84. The second-order valence-corrected chi connectivity index (χ2v) is 12.0. The average molecular weight is 587 g/mol. The second kappa shape index (κ2) is 11.4. The van der Waals surface area contributed by atoms with Crippen LogP contribution in [0.1, 0.15) is 66.9 Å². The number of pyridine rings is 1. The molecule has 6 nitrogen and oxygen atoms in total. The van der Waals surface area contributed by atoms with E-state index in [1.54, 1.807) is 6.07 Å². The van der Waals surface area contributed by atoms with E-state index in [-0.39, 0.29) is 30.2 Å². The van der Waals surface area contributed by atoms with Gasteiger partial charge >= 0.3 is 5.97 Å². The fourth-order valence-corrected chi connectivity index (χ4v) is 5.95. The maximum Gasteiger partial charge on any atom is 0.303 e. The predicted molar refractivity (Wildman–Crippen MR) is 153 cm³/mol. The molecule has 0 unspecified atom stereocenters. The molecule has 2 aromatic carbocycles. The molecule has 0 spiro atoms. The third-order valence-corrected chi connectivity index (χ3v) is 7.99. The van der Waals surface area contributed by atoms with Gasteiger partial charge in [0.1, 0.15) is 5.82 Å². The first-order valence-electron chi connectivity index (χ1n) is 12.6. The summed E-state index contributed by atoms with van der Waals surface area (Å²) >= 11 is 9.98. The Labute approximate surface area is 231 Å². The standard InChI is InChI=1S/C29H33BrClN3O3/c1-18-26(28(37)32-16-19(9-12-25(35)36)21-7-4-5-8-23(21)31)22-15-20(30)10-11-24(22)33-27(18)34-14-6-13-29(2,3)17-34/h4-5,7-8,10-11,15,19H,6,9,12-14,16-17H2,1-3H3,(H,32,37)(H,35,36)/t19-/m0/s1. The van der Waals surface area contributed by atoms with Gasteiger partial charge in [0, 0.05) is 52.4 Å². The van der Waals surface area contributed by atoms with Crippen molar-refractivity contribution in [2.24, 2.45) is 5.41 Å². The monoisotopic (exact) mass is 585 g/mol. The van der Waals surface area contributed by atoms with Crippen molar-refractivity contribution in [1.82, 2.24) is 10.3 Å². The Balaban J connectivity index is 1.69. The summed E-state index contributed by atoms with van der Waals surface area (Å²) in [6, 6.07) is 13.2. The molecule has 3 aromatic rings. The predicted octanol–water partition coefficient (Wildman–Crippen LogP) is 6.96. The Morgan fingerprint density at radius 2 is 2.00 bits per heavy atom. The quantitative estimate of drug-likeness (QED) is 0.298. The number of amides is 1. The van der Waals surface area contributed by atoms with Crippen LogP contribution in [0.25, 0.3) is 10.9 Å². The van der Waals surface area contributed by atoms with Gasteiger partial charge in [0.25, 0.3) is 5.91 Å². The normalized spacial score (nSPS) is 16.0. The van der Waals surface area contributed by atoms with Gasteiger partial charge in [-0.15, -0.1) is 0 Å². The van der Waals surface area contributed by atoms with Gasteiger partial charge in [0.2, 0.25) is 0 Å². The van der Waals surface area contributed by atoms with Crippen molar-refractivity contribution >= 4 is 56.1 Å². The van der Waals surface area contributed by atoms with Crippen LogP contribution in [0.4, 0.5) is 5.82 Å². The van der Waals surface area contributed by atoms with E-state index in [0.29, 0.717) is 17.0 Å². The van der Waals surface area contributed by atoms with Crippen LogP contribution < -0.4 is 10.2 Å². The van der Waals surface area contributed by atoms with Crippen LogP contribution in [-0.2, 0) is 4.79 Å². The summed E-state index contributed by atoms with van der Waals surface area (Å²) in [6.07, 6.45) is 2.60. The Bertz CT molecular complexity index is 1330. The molecule has 0 saturated carbocycles. The topological polar surface area (TPSA) is 82.5 Å². The van der Waals surface area contributed by atoms with E-state index < -0.39 is 5.97 Å². The maximum atomic E-state index is 13.8. The first-order chi connectivity index (χ1) is 17.6. The molecule has 0 aliphatic carbocycles. The number of aliphatic carboxylic acids is 1. The number of rotatable bonds is 8. The summed E-state index contributed by atoms with van der Waals surface area (Å²) in [5.41, 5.74) is 3.23. The second-order valence-electron chi connectivity index (χ2n) is 10.6. The molecule has 1 amide bonds. The number of anilines is 1. The Morgan fingerprint density at radius 1 is 1.24 bits per heavy atom. The average Bonchev–Trinajstić information content (AvgIpc) is 2.83. The lowest BCUT2D eigenvalue weighted by Crippen LogP contribution is -2.41. The van der Waals surface area contributed by atoms with Crippen LogP contribution in [0.2, 0.25) is 5.02 Å². The van der Waals surface area contributed by atoms with E-state index in [0.717, 1.165) is 58.3 Å². The van der Waals surface area contributed by atoms with Gasteiger partial charge in [-0.05, 0) is 61.4 Å². The highest BCUT2D eigenvalue weighted by atomic mass is 79.9. The van der Waals surface area contributed by atoms with Gasteiger partial charge in [-0.3, -0.25) is 9.59 Å². The number of piperidine rings is 1. The number of nitrogens with zero attached hydrogens (tertiary/aromatic N) is 2. The number of halogens is 2. The smallest absolute Gasteiger partial charge is 0.303 e. The van der Waals surface area contributed by atoms with Gasteiger partial charge in [0.05, 0.1) is 11.1 Å². The van der Waals surface area contributed by atoms with Crippen LogP contribution in [0.5, 0.6) is 0 Å². The van der Waals surface area contributed by atoms with Gasteiger partial charge in [-0.25, -0.2) is 4.98 Å². The zero-order valence-electron chi connectivity index (χ0n) is 21.5. The van der Waals surface area contributed by atoms with Crippen molar-refractivity contribution in [2.75, 3.05) is 24.5 Å². The van der Waals surface area contributed by atoms with Crippen molar-refractivity contribution in [3.05, 3.63) is 68.7 Å². The van der Waals surface area contributed by atoms with Crippen molar-refractivity contribution in [3.63, 3.8) is 0 Å². The minimum Gasteiger partial charge on any atom is -0.481 e. The highest BCUT2D eigenvalue weighted by molar-refractivity contribution is 9.10. The van der Waals surface area contributed by atoms with Crippen LogP contribution in [0.3, 0.4) is 0 Å². The molecule has 37 heavy (non-hydrogen) atoms. The van der Waals surface area contributed by atoms with Crippen molar-refractivity contribution in [1.29, 1.82) is 0 Å². The van der Waals surface area contributed by atoms with Crippen LogP contribution in [0, 0.1) is 12.3 Å². The number of hydrogen-bond acceptors (Lipinski definition) is 4. The Morgan fingerprint density at radius 3 is 2.70 bits per heavy atom. The number of nitrogens with one attached hydrogen (secondary N) is 1. The van der Waals surface area contributed by atoms with Crippen molar-refractivity contribution < 1.29 is 14.7 Å². The maximum absolute atomic E-state index is 13.8. The number of aromatic nitrogens is 1. The minimum atomic E-state index is -0.877. The minimum absolute atomic E-state index is 0.00911. The van der Waals surface area contributed by atoms with Gasteiger partial charge in [-0.2, -0.15) is 0 Å². The van der Waals surface area contributed by atoms with E-state index in [4.69, 9.17) is 16.6 Å². The highest BCUT2D eigenvalue weighted by Crippen LogP contribution is 2.36. The third-order valence-electron chi connectivity index (χ3n) is 7.15. The molecule has 2 N–H and O–H groups in total. The Hall–Kier alpha value is -2.64. The molecule has 196 valence electrons. The number of carboxylic acids is 1. The van der Waals surface area contributed by atoms with Gasteiger partial charge in [-0.1, -0.05) is 59.6 Å². The first-order valence-corrected chi connectivity index (χ1v) is 13.8. The zero-order valence-corrected chi connectivity index (χ0v) is 23.8.